The van der Waals surface area contributed by atoms with E-state index >= 15 is 0 Å². The number of phenolic OH excluding ortho intramolecular Hbond substituents is 1. The Bertz CT molecular complexity index is 406. The van der Waals surface area contributed by atoms with Gasteiger partial charge in [-0.1, -0.05) is 19.0 Å². The molecule has 0 aromatic heterocycles. The van der Waals surface area contributed by atoms with Crippen molar-refractivity contribution >= 4 is 5.84 Å². The van der Waals surface area contributed by atoms with Crippen molar-refractivity contribution in [1.82, 2.24) is 0 Å². The Hall–Kier alpha value is -1.85. The van der Waals surface area contributed by atoms with Crippen LogP contribution < -0.4 is 5.73 Å². The summed E-state index contributed by atoms with van der Waals surface area (Å²) in [6, 6.07) is 0.794. The van der Waals surface area contributed by atoms with Gasteiger partial charge in [-0.2, -0.15) is 0 Å². The molecule has 1 aromatic carbocycles. The smallest absolute Gasteiger partial charge is 0.174 e. The van der Waals surface area contributed by atoms with Crippen LogP contribution in [0.2, 0.25) is 0 Å². The van der Waals surface area contributed by atoms with Crippen LogP contribution in [0.15, 0.2) is 11.2 Å². The van der Waals surface area contributed by atoms with E-state index < -0.39 is 23.2 Å². The van der Waals surface area contributed by atoms with E-state index in [1.54, 1.807) is 0 Å². The monoisotopic (exact) mass is 232 g/mol. The van der Waals surface area contributed by atoms with E-state index in [9.17, 15) is 13.9 Å². The molecule has 1 aromatic rings. The van der Waals surface area contributed by atoms with Gasteiger partial charge in [0, 0.05) is 5.56 Å². The molecule has 0 atom stereocenters. The van der Waals surface area contributed by atoms with Crippen molar-refractivity contribution in [2.24, 2.45) is 10.9 Å². The predicted octanol–water partition coefficient (Wildman–Crippen LogP) is 2.10. The normalized spacial score (nSPS) is 10.7. The minimum Gasteiger partial charge on any atom is -0.504 e. The third kappa shape index (κ3) is 2.59. The summed E-state index contributed by atoms with van der Waals surface area (Å²) in [7, 11) is 0. The Labute approximate surface area is 92.0 Å². The van der Waals surface area contributed by atoms with Crippen LogP contribution in [0.5, 0.6) is 5.75 Å². The number of aromatic hydroxyl groups is 1. The Morgan fingerprint density at radius 2 is 1.88 bits per heavy atom. The minimum atomic E-state index is -1.12. The van der Waals surface area contributed by atoms with Gasteiger partial charge in [0.15, 0.2) is 17.4 Å². The van der Waals surface area contributed by atoms with Crippen LogP contribution in [0.3, 0.4) is 0 Å². The third-order valence-electron chi connectivity index (χ3n) is 1.81. The highest BCUT2D eigenvalue weighted by atomic mass is 19.1. The standard InChI is InChI=1S/C8H8F2N2O2.C2H6/c1-3-5(9)2-4(8(11)12-14)7(13)6(3)10;1-2/h2,13-14H,1H3,(H2,11,12);1-2H3. The Kier molecular flexibility index (Phi) is 5.21. The lowest BCUT2D eigenvalue weighted by Gasteiger charge is -2.06. The van der Waals surface area contributed by atoms with Crippen molar-refractivity contribution in [3.63, 3.8) is 0 Å². The van der Waals surface area contributed by atoms with Gasteiger partial charge in [0.25, 0.3) is 0 Å². The molecular weight excluding hydrogens is 218 g/mol. The molecule has 1 rings (SSSR count). The number of benzene rings is 1. The zero-order chi connectivity index (χ0) is 12.9. The average molecular weight is 232 g/mol. The summed E-state index contributed by atoms with van der Waals surface area (Å²) in [5.74, 6) is -3.38. The van der Waals surface area contributed by atoms with Crippen LogP contribution in [0.1, 0.15) is 25.0 Å². The van der Waals surface area contributed by atoms with Crippen molar-refractivity contribution in [2.45, 2.75) is 20.8 Å². The molecule has 0 saturated carbocycles. The van der Waals surface area contributed by atoms with Crippen LogP contribution >= 0.6 is 0 Å². The maximum absolute atomic E-state index is 13.1. The number of phenols is 1. The van der Waals surface area contributed by atoms with E-state index in [1.165, 1.54) is 6.92 Å². The topological polar surface area (TPSA) is 78.8 Å². The predicted molar refractivity (Wildman–Crippen MR) is 56.6 cm³/mol. The van der Waals surface area contributed by atoms with E-state index in [4.69, 9.17) is 10.9 Å². The number of rotatable bonds is 1. The maximum atomic E-state index is 13.1. The van der Waals surface area contributed by atoms with Gasteiger partial charge in [-0.05, 0) is 13.0 Å². The molecule has 90 valence electrons. The van der Waals surface area contributed by atoms with E-state index in [0.717, 1.165) is 6.07 Å². The summed E-state index contributed by atoms with van der Waals surface area (Å²) >= 11 is 0. The molecule has 4 nitrogen and oxygen atoms in total. The zero-order valence-electron chi connectivity index (χ0n) is 9.25. The van der Waals surface area contributed by atoms with Crippen LogP contribution in [-0.2, 0) is 0 Å². The molecule has 0 aliphatic heterocycles. The second-order valence-electron chi connectivity index (χ2n) is 2.68. The number of hydrogen-bond donors (Lipinski definition) is 3. The molecule has 0 aliphatic rings. The summed E-state index contributed by atoms with van der Waals surface area (Å²) in [6.07, 6.45) is 0. The molecule has 6 heteroatoms. The molecule has 0 saturated heterocycles. The summed E-state index contributed by atoms with van der Waals surface area (Å²) < 4.78 is 26.0. The number of amidine groups is 1. The zero-order valence-corrected chi connectivity index (χ0v) is 9.25. The molecule has 0 heterocycles. The number of nitrogens with zero attached hydrogens (tertiary/aromatic N) is 1. The van der Waals surface area contributed by atoms with Gasteiger partial charge < -0.3 is 16.0 Å². The maximum Gasteiger partial charge on any atom is 0.174 e. The van der Waals surface area contributed by atoms with Gasteiger partial charge in [0.05, 0.1) is 5.56 Å². The van der Waals surface area contributed by atoms with Crippen molar-refractivity contribution in [2.75, 3.05) is 0 Å². The molecule has 0 amide bonds. The third-order valence-corrected chi connectivity index (χ3v) is 1.81. The van der Waals surface area contributed by atoms with E-state index in [0.29, 0.717) is 0 Å². The van der Waals surface area contributed by atoms with Crippen LogP contribution in [0.4, 0.5) is 8.78 Å². The molecule has 0 unspecified atom stereocenters. The highest BCUT2D eigenvalue weighted by Crippen LogP contribution is 2.26. The van der Waals surface area contributed by atoms with Crippen molar-refractivity contribution in [3.8, 4) is 5.75 Å². The molecular formula is C10H14F2N2O2. The summed E-state index contributed by atoms with van der Waals surface area (Å²) in [6.45, 7) is 5.17. The van der Waals surface area contributed by atoms with Gasteiger partial charge in [-0.25, -0.2) is 8.78 Å². The van der Waals surface area contributed by atoms with Crippen LogP contribution in [-0.4, -0.2) is 16.1 Å². The molecule has 16 heavy (non-hydrogen) atoms. The number of hydrogen-bond acceptors (Lipinski definition) is 3. The lowest BCUT2D eigenvalue weighted by atomic mass is 10.1. The fourth-order valence-corrected chi connectivity index (χ4v) is 0.953. The molecule has 0 radical (unpaired) electrons. The second kappa shape index (κ2) is 5.89. The lowest BCUT2D eigenvalue weighted by Crippen LogP contribution is -2.14. The first-order chi connectivity index (χ1) is 7.49. The molecule has 0 spiro atoms. The molecule has 0 bridgehead atoms. The van der Waals surface area contributed by atoms with Crippen molar-refractivity contribution < 1.29 is 19.1 Å². The summed E-state index contributed by atoms with van der Waals surface area (Å²) in [5.41, 5.74) is 4.39. The van der Waals surface area contributed by atoms with E-state index in [-0.39, 0.29) is 11.1 Å². The highest BCUT2D eigenvalue weighted by Gasteiger charge is 2.17. The SMILES string of the molecule is CC.Cc1c(F)cc(/C(N)=N/O)c(O)c1F. The van der Waals surface area contributed by atoms with Gasteiger partial charge >= 0.3 is 0 Å². The second-order valence-corrected chi connectivity index (χ2v) is 2.68. The molecule has 4 N–H and O–H groups in total. The quantitative estimate of drug-likeness (QED) is 0.300. The summed E-state index contributed by atoms with van der Waals surface area (Å²) in [5, 5.41) is 20.0. The Balaban J connectivity index is 0.00000106. The first-order valence-corrected chi connectivity index (χ1v) is 4.64. The minimum absolute atomic E-state index is 0.322. The van der Waals surface area contributed by atoms with Gasteiger partial charge in [-0.15, -0.1) is 0 Å². The van der Waals surface area contributed by atoms with E-state index in [2.05, 4.69) is 5.16 Å². The highest BCUT2D eigenvalue weighted by molar-refractivity contribution is 5.99. The Morgan fingerprint density at radius 3 is 2.31 bits per heavy atom. The number of nitrogens with two attached hydrogens (primary N) is 1. The van der Waals surface area contributed by atoms with Crippen LogP contribution in [0.25, 0.3) is 0 Å². The van der Waals surface area contributed by atoms with Gasteiger partial charge in [0.1, 0.15) is 5.82 Å². The summed E-state index contributed by atoms with van der Waals surface area (Å²) in [4.78, 5) is 0. The molecule has 0 fully saturated rings. The van der Waals surface area contributed by atoms with Crippen molar-refractivity contribution in [3.05, 3.63) is 28.8 Å². The first kappa shape index (κ1) is 14.2. The van der Waals surface area contributed by atoms with Crippen LogP contribution in [0, 0.1) is 18.6 Å². The lowest BCUT2D eigenvalue weighted by molar-refractivity contribution is 0.318. The van der Waals surface area contributed by atoms with Crippen molar-refractivity contribution in [1.29, 1.82) is 0 Å². The fourth-order valence-electron chi connectivity index (χ4n) is 0.953. The number of oxime groups is 1. The average Bonchev–Trinajstić information content (AvgIpc) is 2.32. The van der Waals surface area contributed by atoms with Gasteiger partial charge in [-0.3, -0.25) is 0 Å². The molecule has 0 aliphatic carbocycles. The van der Waals surface area contributed by atoms with Gasteiger partial charge in [0.2, 0.25) is 0 Å². The fraction of sp³-hybridized carbons (Fsp3) is 0.300. The first-order valence-electron chi connectivity index (χ1n) is 4.64. The van der Waals surface area contributed by atoms with E-state index in [1.807, 2.05) is 13.8 Å². The number of halogens is 2. The largest absolute Gasteiger partial charge is 0.504 e. The Morgan fingerprint density at radius 1 is 1.38 bits per heavy atom.